The van der Waals surface area contributed by atoms with Crippen LogP contribution in [0.15, 0.2) is 42.6 Å². The molecule has 2 amide bonds. The minimum absolute atomic E-state index is 0.110. The third-order valence-corrected chi connectivity index (χ3v) is 3.77. The van der Waals surface area contributed by atoms with Crippen molar-refractivity contribution in [2.45, 2.75) is 19.4 Å². The summed E-state index contributed by atoms with van der Waals surface area (Å²) in [5.74, 6) is 0.205. The molecule has 2 heterocycles. The fourth-order valence-corrected chi connectivity index (χ4v) is 2.59. The third-order valence-electron chi connectivity index (χ3n) is 3.77. The predicted octanol–water partition coefficient (Wildman–Crippen LogP) is 2.10. The van der Waals surface area contributed by atoms with Crippen LogP contribution in [0.4, 0.5) is 11.5 Å². The number of ether oxygens (including phenoxy) is 1. The lowest BCUT2D eigenvalue weighted by molar-refractivity contribution is -0.127. The summed E-state index contributed by atoms with van der Waals surface area (Å²) in [5.41, 5.74) is 0.942. The number of carbonyl (C=O) groups excluding carboxylic acids is 2. The Kier molecular flexibility index (Phi) is 4.61. The maximum absolute atomic E-state index is 12.9. The van der Waals surface area contributed by atoms with E-state index in [1.165, 1.54) is 4.90 Å². The van der Waals surface area contributed by atoms with Gasteiger partial charge in [0.1, 0.15) is 12.3 Å². The van der Waals surface area contributed by atoms with Crippen molar-refractivity contribution in [3.8, 4) is 11.8 Å². The van der Waals surface area contributed by atoms with Gasteiger partial charge < -0.3 is 10.1 Å². The molecule has 1 aromatic carbocycles. The second-order valence-corrected chi connectivity index (χ2v) is 5.50. The number of carbonyl (C=O) groups is 2. The number of anilines is 2. The van der Waals surface area contributed by atoms with Gasteiger partial charge in [-0.05, 0) is 36.8 Å². The first-order valence-electron chi connectivity index (χ1n) is 7.85. The number of nitriles is 1. The summed E-state index contributed by atoms with van der Waals surface area (Å²) < 4.78 is 5.77. The predicted molar refractivity (Wildman–Crippen MR) is 91.1 cm³/mol. The molecule has 0 saturated carbocycles. The molecule has 1 aliphatic heterocycles. The van der Waals surface area contributed by atoms with E-state index < -0.39 is 6.10 Å². The average Bonchev–Trinajstić information content (AvgIpc) is 2.65. The first kappa shape index (κ1) is 16.5. The van der Waals surface area contributed by atoms with E-state index in [0.29, 0.717) is 29.2 Å². The molecule has 0 fully saturated rings. The van der Waals surface area contributed by atoms with Crippen molar-refractivity contribution < 1.29 is 14.3 Å². The quantitative estimate of drug-likeness (QED) is 0.922. The van der Waals surface area contributed by atoms with Crippen LogP contribution in [0.3, 0.4) is 0 Å². The molecule has 0 bridgehead atoms. The first-order chi connectivity index (χ1) is 12.1. The van der Waals surface area contributed by atoms with Crippen molar-refractivity contribution in [3.63, 3.8) is 0 Å². The minimum atomic E-state index is -0.783. The molecule has 2 aromatic rings. The van der Waals surface area contributed by atoms with Gasteiger partial charge in [-0.2, -0.15) is 5.26 Å². The van der Waals surface area contributed by atoms with Gasteiger partial charge in [-0.25, -0.2) is 4.98 Å². The molecule has 1 unspecified atom stereocenters. The second kappa shape index (κ2) is 7.01. The summed E-state index contributed by atoms with van der Waals surface area (Å²) >= 11 is 0. The van der Waals surface area contributed by atoms with E-state index in [4.69, 9.17) is 10.00 Å². The van der Waals surface area contributed by atoms with Crippen molar-refractivity contribution >= 4 is 23.3 Å². The molecule has 0 radical (unpaired) electrons. The molecule has 1 aromatic heterocycles. The van der Waals surface area contributed by atoms with Gasteiger partial charge >= 0.3 is 0 Å². The van der Waals surface area contributed by atoms with Crippen molar-refractivity contribution in [1.29, 1.82) is 5.26 Å². The maximum Gasteiger partial charge on any atom is 0.269 e. The maximum atomic E-state index is 12.9. The van der Waals surface area contributed by atoms with Crippen LogP contribution in [-0.4, -0.2) is 29.4 Å². The van der Waals surface area contributed by atoms with E-state index in [0.717, 1.165) is 0 Å². The Morgan fingerprint density at radius 2 is 2.28 bits per heavy atom. The van der Waals surface area contributed by atoms with Crippen molar-refractivity contribution in [2.75, 3.05) is 16.8 Å². The number of benzene rings is 1. The number of nitrogens with zero attached hydrogens (tertiary/aromatic N) is 3. The number of hydrogen-bond donors (Lipinski definition) is 1. The lowest BCUT2D eigenvalue weighted by Gasteiger charge is -2.30. The van der Waals surface area contributed by atoms with Crippen molar-refractivity contribution in [3.05, 3.63) is 48.2 Å². The molecule has 1 atom stereocenters. The normalized spacial score (nSPS) is 14.1. The molecular weight excluding hydrogens is 320 g/mol. The van der Waals surface area contributed by atoms with E-state index in [1.54, 1.807) is 42.6 Å². The van der Waals surface area contributed by atoms with Gasteiger partial charge in [-0.15, -0.1) is 0 Å². The zero-order chi connectivity index (χ0) is 17.8. The monoisotopic (exact) mass is 336 g/mol. The Labute approximate surface area is 144 Å². The Bertz CT molecular complexity index is 859. The van der Waals surface area contributed by atoms with Crippen LogP contribution < -0.4 is 15.0 Å². The van der Waals surface area contributed by atoms with Gasteiger partial charge in [0.15, 0.2) is 11.9 Å². The summed E-state index contributed by atoms with van der Waals surface area (Å²) in [4.78, 5) is 30.3. The number of fused-ring (bicyclic) bond motifs is 1. The molecule has 0 aliphatic carbocycles. The molecule has 1 aliphatic rings. The van der Waals surface area contributed by atoms with Crippen LogP contribution in [0, 0.1) is 11.3 Å². The van der Waals surface area contributed by atoms with Crippen LogP contribution in [0.5, 0.6) is 5.75 Å². The number of amides is 2. The molecule has 0 spiro atoms. The number of nitrogens with one attached hydrogen (secondary N) is 1. The van der Waals surface area contributed by atoms with Gasteiger partial charge in [0, 0.05) is 6.20 Å². The third kappa shape index (κ3) is 3.43. The molecule has 3 rings (SSSR count). The summed E-state index contributed by atoms with van der Waals surface area (Å²) in [6, 6.07) is 12.0. The number of hydrogen-bond acceptors (Lipinski definition) is 5. The minimum Gasteiger partial charge on any atom is -0.481 e. The summed E-state index contributed by atoms with van der Waals surface area (Å²) in [5, 5.41) is 11.7. The van der Waals surface area contributed by atoms with E-state index in [-0.39, 0.29) is 18.4 Å². The topological polar surface area (TPSA) is 95.3 Å². The van der Waals surface area contributed by atoms with Gasteiger partial charge in [-0.1, -0.05) is 13.0 Å². The highest BCUT2D eigenvalue weighted by Gasteiger charge is 2.32. The van der Waals surface area contributed by atoms with E-state index >= 15 is 0 Å². The van der Waals surface area contributed by atoms with Crippen LogP contribution >= 0.6 is 0 Å². The van der Waals surface area contributed by atoms with Crippen molar-refractivity contribution in [1.82, 2.24) is 4.98 Å². The Hall–Kier alpha value is -3.40. The molecule has 0 saturated heterocycles. The molecule has 7 heteroatoms. The number of rotatable bonds is 4. The fraction of sp³-hybridized carbons (Fsp3) is 0.222. The lowest BCUT2D eigenvalue weighted by atomic mass is 10.2. The number of aromatic nitrogens is 1. The van der Waals surface area contributed by atoms with E-state index in [2.05, 4.69) is 10.3 Å². The summed E-state index contributed by atoms with van der Waals surface area (Å²) in [6.07, 6.45) is 1.19. The fourth-order valence-electron chi connectivity index (χ4n) is 2.59. The molecule has 25 heavy (non-hydrogen) atoms. The van der Waals surface area contributed by atoms with Crippen LogP contribution in [-0.2, 0) is 9.59 Å². The van der Waals surface area contributed by atoms with Crippen LogP contribution in [0.25, 0.3) is 0 Å². The number of pyridine rings is 1. The Morgan fingerprint density at radius 3 is 3.04 bits per heavy atom. The second-order valence-electron chi connectivity index (χ2n) is 5.50. The highest BCUT2D eigenvalue weighted by Crippen LogP contribution is 2.27. The van der Waals surface area contributed by atoms with E-state index in [9.17, 15) is 9.59 Å². The Balaban J connectivity index is 1.85. The zero-order valence-corrected chi connectivity index (χ0v) is 13.6. The van der Waals surface area contributed by atoms with Gasteiger partial charge in [-0.3, -0.25) is 14.5 Å². The largest absolute Gasteiger partial charge is 0.481 e. The Morgan fingerprint density at radius 1 is 1.44 bits per heavy atom. The molecule has 1 N–H and O–H groups in total. The zero-order valence-electron chi connectivity index (χ0n) is 13.6. The highest BCUT2D eigenvalue weighted by atomic mass is 16.5. The first-order valence-corrected chi connectivity index (χ1v) is 7.85. The van der Waals surface area contributed by atoms with E-state index in [1.807, 2.05) is 13.0 Å². The smallest absolute Gasteiger partial charge is 0.269 e. The highest BCUT2D eigenvalue weighted by molar-refractivity contribution is 6.10. The summed E-state index contributed by atoms with van der Waals surface area (Å²) in [7, 11) is 0. The lowest BCUT2D eigenvalue weighted by Crippen LogP contribution is -2.48. The summed E-state index contributed by atoms with van der Waals surface area (Å²) in [6.45, 7) is 1.71. The van der Waals surface area contributed by atoms with Crippen LogP contribution in [0.1, 0.15) is 18.9 Å². The molecular formula is C18H16N4O3. The molecule has 7 nitrogen and oxygen atoms in total. The van der Waals surface area contributed by atoms with Gasteiger partial charge in [0.2, 0.25) is 5.91 Å². The van der Waals surface area contributed by atoms with Crippen LogP contribution in [0.2, 0.25) is 0 Å². The SMILES string of the molecule is CCC(Oc1cccc(C#N)c1)C(=O)N1CC(=O)Nc2cccnc21. The van der Waals surface area contributed by atoms with Crippen molar-refractivity contribution in [2.24, 2.45) is 0 Å². The average molecular weight is 336 g/mol. The standard InChI is InChI=1S/C18H16N4O3/c1-2-15(25-13-6-3-5-12(9-13)10-19)18(24)22-11-16(23)21-14-7-4-8-20-17(14)22/h3-9,15H,2,11H2,1H3,(H,21,23). The molecule has 126 valence electrons. The van der Waals surface area contributed by atoms with Gasteiger partial charge in [0.05, 0.1) is 17.3 Å². The van der Waals surface area contributed by atoms with Gasteiger partial charge in [0.25, 0.3) is 5.91 Å².